The lowest BCUT2D eigenvalue weighted by atomic mass is 10.2. The molecule has 5 heteroatoms. The molecule has 2 rings (SSSR count). The molecule has 1 aromatic heterocycles. The first-order chi connectivity index (χ1) is 9.15. The highest BCUT2D eigenvalue weighted by atomic mass is 35.5. The van der Waals surface area contributed by atoms with E-state index in [0.29, 0.717) is 17.4 Å². The molecule has 0 atom stereocenters. The highest BCUT2D eigenvalue weighted by Crippen LogP contribution is 2.22. The quantitative estimate of drug-likeness (QED) is 0.916. The summed E-state index contributed by atoms with van der Waals surface area (Å²) in [5.74, 6) is 0.712. The molecule has 1 N–H and O–H groups in total. The van der Waals surface area contributed by atoms with Gasteiger partial charge in [0.1, 0.15) is 12.4 Å². The van der Waals surface area contributed by atoms with E-state index < -0.39 is 0 Å². The van der Waals surface area contributed by atoms with Crippen LogP contribution in [0.1, 0.15) is 23.9 Å². The lowest BCUT2D eigenvalue weighted by Crippen LogP contribution is -2.06. The number of ether oxygens (including phenoxy) is 1. The molecule has 0 spiro atoms. The van der Waals surface area contributed by atoms with Crippen molar-refractivity contribution in [2.75, 3.05) is 0 Å². The summed E-state index contributed by atoms with van der Waals surface area (Å²) in [5, 5.41) is 14.1. The summed E-state index contributed by atoms with van der Waals surface area (Å²) >= 11 is 6.21. The van der Waals surface area contributed by atoms with Gasteiger partial charge in [-0.3, -0.25) is 4.68 Å². The minimum absolute atomic E-state index is 0.00393. The Balaban J connectivity index is 2.14. The van der Waals surface area contributed by atoms with Crippen LogP contribution in [0.4, 0.5) is 0 Å². The SMILES string of the molecule is CCn1nc(C)c(Cl)c1COc1cccc(CO)c1. The summed E-state index contributed by atoms with van der Waals surface area (Å²) < 4.78 is 7.56. The van der Waals surface area contributed by atoms with Crippen LogP contribution < -0.4 is 4.74 Å². The Hall–Kier alpha value is -1.52. The fourth-order valence-corrected chi connectivity index (χ4v) is 2.08. The first-order valence-corrected chi connectivity index (χ1v) is 6.57. The Morgan fingerprint density at radius 2 is 2.21 bits per heavy atom. The molecule has 0 bridgehead atoms. The molecular weight excluding hydrogens is 264 g/mol. The van der Waals surface area contributed by atoms with Crippen LogP contribution in [-0.4, -0.2) is 14.9 Å². The van der Waals surface area contributed by atoms with Crippen LogP contribution in [0.5, 0.6) is 5.75 Å². The number of hydrogen-bond donors (Lipinski definition) is 1. The Labute approximate surface area is 117 Å². The van der Waals surface area contributed by atoms with Gasteiger partial charge in [-0.25, -0.2) is 0 Å². The van der Waals surface area contributed by atoms with Crippen LogP contribution in [0.3, 0.4) is 0 Å². The standard InChI is InChI=1S/C14H17ClN2O2/c1-3-17-13(14(15)10(2)16-17)9-19-12-6-4-5-11(7-12)8-18/h4-7,18H,3,8-9H2,1-2H3. The van der Waals surface area contributed by atoms with Crippen molar-refractivity contribution >= 4 is 11.6 Å². The molecule has 4 nitrogen and oxygen atoms in total. The number of nitrogens with zero attached hydrogens (tertiary/aromatic N) is 2. The lowest BCUT2D eigenvalue weighted by Gasteiger charge is -2.09. The Morgan fingerprint density at radius 3 is 2.89 bits per heavy atom. The average molecular weight is 281 g/mol. The highest BCUT2D eigenvalue weighted by Gasteiger charge is 2.12. The zero-order valence-electron chi connectivity index (χ0n) is 11.1. The molecule has 0 aliphatic heterocycles. The number of halogens is 1. The molecule has 0 aliphatic rings. The summed E-state index contributed by atoms with van der Waals surface area (Å²) in [7, 11) is 0. The van der Waals surface area contributed by atoms with Crippen molar-refractivity contribution in [3.05, 3.63) is 46.2 Å². The van der Waals surface area contributed by atoms with Gasteiger partial charge < -0.3 is 9.84 Å². The van der Waals surface area contributed by atoms with Crippen molar-refractivity contribution in [3.8, 4) is 5.75 Å². The number of aromatic nitrogens is 2. The Bertz CT molecular complexity index is 567. The van der Waals surface area contributed by atoms with Crippen LogP contribution in [-0.2, 0) is 19.8 Å². The number of benzene rings is 1. The average Bonchev–Trinajstić information content (AvgIpc) is 2.72. The zero-order chi connectivity index (χ0) is 13.8. The summed E-state index contributed by atoms with van der Waals surface area (Å²) in [6.07, 6.45) is 0. The molecule has 0 aliphatic carbocycles. The predicted octanol–water partition coefficient (Wildman–Crippen LogP) is 2.94. The molecule has 1 aromatic carbocycles. The lowest BCUT2D eigenvalue weighted by molar-refractivity contribution is 0.275. The molecule has 0 radical (unpaired) electrons. The van der Waals surface area contributed by atoms with Crippen LogP contribution >= 0.6 is 11.6 Å². The molecule has 102 valence electrons. The van der Waals surface area contributed by atoms with E-state index >= 15 is 0 Å². The van der Waals surface area contributed by atoms with E-state index in [2.05, 4.69) is 5.10 Å². The third-order valence-corrected chi connectivity index (χ3v) is 3.40. The molecule has 0 saturated heterocycles. The summed E-state index contributed by atoms with van der Waals surface area (Å²) in [6, 6.07) is 7.37. The first kappa shape index (κ1) is 13.9. The number of rotatable bonds is 5. The van der Waals surface area contributed by atoms with E-state index in [0.717, 1.165) is 23.5 Å². The van der Waals surface area contributed by atoms with Gasteiger partial charge in [0.25, 0.3) is 0 Å². The Kier molecular flexibility index (Phi) is 4.45. The number of hydrogen-bond acceptors (Lipinski definition) is 3. The first-order valence-electron chi connectivity index (χ1n) is 6.20. The maximum atomic E-state index is 9.09. The van der Waals surface area contributed by atoms with E-state index in [1.807, 2.05) is 42.8 Å². The normalized spacial score (nSPS) is 10.7. The van der Waals surface area contributed by atoms with Gasteiger partial charge in [-0.2, -0.15) is 5.10 Å². The van der Waals surface area contributed by atoms with Crippen molar-refractivity contribution in [2.45, 2.75) is 33.6 Å². The Morgan fingerprint density at radius 1 is 1.42 bits per heavy atom. The van der Waals surface area contributed by atoms with Gasteiger partial charge in [-0.15, -0.1) is 0 Å². The monoisotopic (exact) mass is 280 g/mol. The summed E-state index contributed by atoms with van der Waals surface area (Å²) in [6.45, 7) is 5.01. The maximum Gasteiger partial charge on any atom is 0.131 e. The second-order valence-corrected chi connectivity index (χ2v) is 4.63. The molecular formula is C14H17ClN2O2. The molecule has 0 amide bonds. The second kappa shape index (κ2) is 6.08. The second-order valence-electron chi connectivity index (χ2n) is 4.26. The van der Waals surface area contributed by atoms with Gasteiger partial charge in [-0.1, -0.05) is 23.7 Å². The smallest absolute Gasteiger partial charge is 0.131 e. The third kappa shape index (κ3) is 3.08. The van der Waals surface area contributed by atoms with Gasteiger partial charge in [0.05, 0.1) is 23.0 Å². The van der Waals surface area contributed by atoms with Gasteiger partial charge in [0.15, 0.2) is 0 Å². The van der Waals surface area contributed by atoms with Crippen LogP contribution in [0, 0.1) is 6.92 Å². The molecule has 0 fully saturated rings. The topological polar surface area (TPSA) is 47.3 Å². The van der Waals surface area contributed by atoms with Gasteiger partial charge >= 0.3 is 0 Å². The molecule has 2 aromatic rings. The summed E-state index contributed by atoms with van der Waals surface area (Å²) in [5.41, 5.74) is 2.51. The number of aliphatic hydroxyl groups is 1. The largest absolute Gasteiger partial charge is 0.487 e. The van der Waals surface area contributed by atoms with E-state index in [1.54, 1.807) is 0 Å². The van der Waals surface area contributed by atoms with E-state index in [-0.39, 0.29) is 6.61 Å². The van der Waals surface area contributed by atoms with Crippen molar-refractivity contribution < 1.29 is 9.84 Å². The number of aryl methyl sites for hydroxylation is 2. The predicted molar refractivity (Wildman–Crippen MR) is 74.3 cm³/mol. The van der Waals surface area contributed by atoms with Crippen LogP contribution in [0.15, 0.2) is 24.3 Å². The minimum Gasteiger partial charge on any atom is -0.487 e. The van der Waals surface area contributed by atoms with Crippen molar-refractivity contribution in [3.63, 3.8) is 0 Å². The molecule has 0 unspecified atom stereocenters. The number of aliphatic hydroxyl groups excluding tert-OH is 1. The van der Waals surface area contributed by atoms with E-state index in [4.69, 9.17) is 21.4 Å². The zero-order valence-corrected chi connectivity index (χ0v) is 11.8. The minimum atomic E-state index is 0.00393. The molecule has 19 heavy (non-hydrogen) atoms. The van der Waals surface area contributed by atoms with Crippen LogP contribution in [0.2, 0.25) is 5.02 Å². The van der Waals surface area contributed by atoms with Gasteiger partial charge in [0.2, 0.25) is 0 Å². The van der Waals surface area contributed by atoms with E-state index in [1.165, 1.54) is 0 Å². The van der Waals surface area contributed by atoms with E-state index in [9.17, 15) is 0 Å². The fourth-order valence-electron chi connectivity index (χ4n) is 1.89. The van der Waals surface area contributed by atoms with Crippen molar-refractivity contribution in [2.24, 2.45) is 0 Å². The summed E-state index contributed by atoms with van der Waals surface area (Å²) in [4.78, 5) is 0. The molecule has 0 saturated carbocycles. The van der Waals surface area contributed by atoms with Crippen molar-refractivity contribution in [1.82, 2.24) is 9.78 Å². The molecule has 1 heterocycles. The fraction of sp³-hybridized carbons (Fsp3) is 0.357. The third-order valence-electron chi connectivity index (χ3n) is 2.91. The van der Waals surface area contributed by atoms with Crippen LogP contribution in [0.25, 0.3) is 0 Å². The van der Waals surface area contributed by atoms with Gasteiger partial charge in [-0.05, 0) is 31.5 Å². The van der Waals surface area contributed by atoms with Gasteiger partial charge in [0, 0.05) is 6.54 Å². The van der Waals surface area contributed by atoms with Crippen molar-refractivity contribution in [1.29, 1.82) is 0 Å². The highest BCUT2D eigenvalue weighted by molar-refractivity contribution is 6.31. The maximum absolute atomic E-state index is 9.09.